The summed E-state index contributed by atoms with van der Waals surface area (Å²) in [5.74, 6) is 0.0881. The van der Waals surface area contributed by atoms with Gasteiger partial charge < -0.3 is 14.8 Å². The SMILES string of the molecule is CC(=O)OC1CC(n2cnc3c(N[C@H]4CCc5ccccc54)ncnc32)OC1COS(N)(=O)=O. The Morgan fingerprint density at radius 3 is 2.91 bits per heavy atom. The van der Waals surface area contributed by atoms with E-state index in [1.54, 1.807) is 10.9 Å². The second kappa shape index (κ2) is 8.91. The molecule has 3 heterocycles. The molecule has 1 aliphatic heterocycles. The van der Waals surface area contributed by atoms with Gasteiger partial charge in [0.25, 0.3) is 0 Å². The Morgan fingerprint density at radius 2 is 2.12 bits per heavy atom. The molecule has 1 saturated heterocycles. The van der Waals surface area contributed by atoms with Gasteiger partial charge in [0.1, 0.15) is 24.8 Å². The van der Waals surface area contributed by atoms with Gasteiger partial charge in [0, 0.05) is 13.3 Å². The van der Waals surface area contributed by atoms with Crippen LogP contribution in [-0.4, -0.2) is 52.7 Å². The molecule has 0 saturated carbocycles. The Kier molecular flexibility index (Phi) is 5.93. The maximum Gasteiger partial charge on any atom is 0.333 e. The third-order valence-corrected chi connectivity index (χ3v) is 6.47. The van der Waals surface area contributed by atoms with Crippen LogP contribution in [0, 0.1) is 0 Å². The number of nitrogens with one attached hydrogen (secondary N) is 1. The number of aryl methyl sites for hydroxylation is 1. The number of esters is 1. The molecular formula is C21H24N6O6S. The summed E-state index contributed by atoms with van der Waals surface area (Å²) in [7, 11) is -4.18. The molecule has 12 nitrogen and oxygen atoms in total. The van der Waals surface area contributed by atoms with Crippen molar-refractivity contribution in [2.45, 2.75) is 50.7 Å². The standard InChI is InChI=1S/C21H24N6O6S/c1-12(28)32-16-8-18(33-17(16)9-31-34(22,29)30)27-11-25-19-20(23-10-24-21(19)27)26-15-7-6-13-4-2-3-5-14(13)15/h2-5,10-11,15-18H,6-9H2,1H3,(H2,22,29,30)(H,23,24,26)/t15-,16?,17?,18?/m0/s1. The molecule has 3 aromatic rings. The van der Waals surface area contributed by atoms with Crippen molar-refractivity contribution < 1.29 is 26.9 Å². The van der Waals surface area contributed by atoms with Crippen LogP contribution in [0.4, 0.5) is 5.82 Å². The van der Waals surface area contributed by atoms with Gasteiger partial charge >= 0.3 is 16.3 Å². The fourth-order valence-electron chi connectivity index (χ4n) is 4.56. The molecule has 13 heteroatoms. The predicted molar refractivity (Wildman–Crippen MR) is 120 cm³/mol. The lowest BCUT2D eigenvalue weighted by Gasteiger charge is -2.17. The van der Waals surface area contributed by atoms with Crippen LogP contribution in [0.5, 0.6) is 0 Å². The van der Waals surface area contributed by atoms with E-state index in [2.05, 4.69) is 36.6 Å². The average Bonchev–Trinajstić information content (AvgIpc) is 3.49. The second-order valence-electron chi connectivity index (χ2n) is 8.27. The summed E-state index contributed by atoms with van der Waals surface area (Å²) < 4.78 is 40.1. The quantitative estimate of drug-likeness (QED) is 0.465. The summed E-state index contributed by atoms with van der Waals surface area (Å²) in [6.07, 6.45) is 3.05. The number of rotatable bonds is 7. The summed E-state index contributed by atoms with van der Waals surface area (Å²) in [4.78, 5) is 24.8. The molecule has 1 aromatic carbocycles. The average molecular weight is 489 g/mol. The second-order valence-corrected chi connectivity index (χ2v) is 9.49. The number of nitrogens with zero attached hydrogens (tertiary/aromatic N) is 4. The van der Waals surface area contributed by atoms with E-state index in [-0.39, 0.29) is 19.1 Å². The first-order valence-electron chi connectivity index (χ1n) is 10.8. The number of aromatic nitrogens is 4. The zero-order chi connectivity index (χ0) is 23.9. The lowest BCUT2D eigenvalue weighted by Crippen LogP contribution is -2.32. The number of hydrogen-bond acceptors (Lipinski definition) is 10. The number of ether oxygens (including phenoxy) is 2. The number of fused-ring (bicyclic) bond motifs is 2. The van der Waals surface area contributed by atoms with Crippen LogP contribution in [0.3, 0.4) is 0 Å². The highest BCUT2D eigenvalue weighted by atomic mass is 32.2. The molecule has 0 bridgehead atoms. The maximum absolute atomic E-state index is 11.5. The Labute approximate surface area is 195 Å². The van der Waals surface area contributed by atoms with Gasteiger partial charge in [-0.2, -0.15) is 8.42 Å². The van der Waals surface area contributed by atoms with Crippen LogP contribution >= 0.6 is 0 Å². The fourth-order valence-corrected chi connectivity index (χ4v) is 4.88. The van der Waals surface area contributed by atoms with E-state index in [9.17, 15) is 13.2 Å². The summed E-state index contributed by atoms with van der Waals surface area (Å²) in [5.41, 5.74) is 3.67. The normalized spacial score (nSPS) is 24.3. The van der Waals surface area contributed by atoms with Gasteiger partial charge in [0.2, 0.25) is 0 Å². The number of anilines is 1. The molecule has 0 radical (unpaired) electrons. The molecule has 0 amide bonds. The van der Waals surface area contributed by atoms with Crippen LogP contribution in [0.15, 0.2) is 36.9 Å². The van der Waals surface area contributed by atoms with E-state index >= 15 is 0 Å². The van der Waals surface area contributed by atoms with Gasteiger partial charge in [-0.3, -0.25) is 13.5 Å². The molecule has 0 spiro atoms. The number of nitrogens with two attached hydrogens (primary N) is 1. The highest BCUT2D eigenvalue weighted by Crippen LogP contribution is 2.36. The third kappa shape index (κ3) is 4.59. The van der Waals surface area contributed by atoms with Crippen LogP contribution in [0.2, 0.25) is 0 Å². The number of benzene rings is 1. The number of carbonyl (C=O) groups is 1. The molecule has 4 atom stereocenters. The van der Waals surface area contributed by atoms with Gasteiger partial charge in [0.05, 0.1) is 19.0 Å². The number of carbonyl (C=O) groups excluding carboxylic acids is 1. The van der Waals surface area contributed by atoms with Crippen molar-refractivity contribution in [2.24, 2.45) is 5.14 Å². The molecule has 180 valence electrons. The third-order valence-electron chi connectivity index (χ3n) is 6.01. The van der Waals surface area contributed by atoms with Gasteiger partial charge in [-0.15, -0.1) is 0 Å². The fraction of sp³-hybridized carbons (Fsp3) is 0.429. The van der Waals surface area contributed by atoms with Crippen molar-refractivity contribution in [1.82, 2.24) is 19.5 Å². The zero-order valence-electron chi connectivity index (χ0n) is 18.3. The van der Waals surface area contributed by atoms with Gasteiger partial charge in [-0.1, -0.05) is 24.3 Å². The lowest BCUT2D eigenvalue weighted by atomic mass is 10.1. The van der Waals surface area contributed by atoms with Crippen molar-refractivity contribution in [1.29, 1.82) is 0 Å². The molecule has 3 N–H and O–H groups in total. The van der Waals surface area contributed by atoms with Crippen molar-refractivity contribution in [3.8, 4) is 0 Å². The van der Waals surface area contributed by atoms with E-state index in [0.29, 0.717) is 17.0 Å². The van der Waals surface area contributed by atoms with E-state index in [4.69, 9.17) is 14.6 Å². The molecular weight excluding hydrogens is 464 g/mol. The molecule has 2 aliphatic rings. The van der Waals surface area contributed by atoms with Crippen molar-refractivity contribution in [3.05, 3.63) is 48.0 Å². The van der Waals surface area contributed by atoms with Crippen molar-refractivity contribution >= 4 is 33.3 Å². The predicted octanol–water partition coefficient (Wildman–Crippen LogP) is 1.36. The zero-order valence-corrected chi connectivity index (χ0v) is 19.1. The molecule has 1 aliphatic carbocycles. The minimum absolute atomic E-state index is 0.121. The van der Waals surface area contributed by atoms with Crippen LogP contribution in [-0.2, 0) is 35.2 Å². The monoisotopic (exact) mass is 488 g/mol. The first kappa shape index (κ1) is 22.7. The van der Waals surface area contributed by atoms with Gasteiger partial charge in [-0.25, -0.2) is 20.1 Å². The largest absolute Gasteiger partial charge is 0.460 e. The minimum atomic E-state index is -4.18. The van der Waals surface area contributed by atoms with Crippen molar-refractivity contribution in [2.75, 3.05) is 11.9 Å². The Balaban J connectivity index is 1.39. The highest BCUT2D eigenvalue weighted by molar-refractivity contribution is 7.84. The Morgan fingerprint density at radius 1 is 1.29 bits per heavy atom. The Bertz CT molecular complexity index is 1330. The minimum Gasteiger partial charge on any atom is -0.460 e. The lowest BCUT2D eigenvalue weighted by molar-refractivity contribution is -0.150. The van der Waals surface area contributed by atoms with Gasteiger partial charge in [0.15, 0.2) is 17.0 Å². The van der Waals surface area contributed by atoms with Crippen LogP contribution in [0.25, 0.3) is 11.2 Å². The molecule has 3 unspecified atom stereocenters. The topological polar surface area (TPSA) is 161 Å². The first-order valence-corrected chi connectivity index (χ1v) is 12.3. The van der Waals surface area contributed by atoms with E-state index in [0.717, 1.165) is 12.8 Å². The summed E-state index contributed by atoms with van der Waals surface area (Å²) in [6.45, 7) is 0.882. The molecule has 34 heavy (non-hydrogen) atoms. The summed E-state index contributed by atoms with van der Waals surface area (Å²) >= 11 is 0. The maximum atomic E-state index is 11.5. The van der Waals surface area contributed by atoms with E-state index in [1.165, 1.54) is 24.4 Å². The smallest absolute Gasteiger partial charge is 0.333 e. The molecule has 2 aromatic heterocycles. The van der Waals surface area contributed by atoms with Gasteiger partial charge in [-0.05, 0) is 24.0 Å². The van der Waals surface area contributed by atoms with Crippen LogP contribution < -0.4 is 10.5 Å². The van der Waals surface area contributed by atoms with E-state index in [1.807, 2.05) is 12.1 Å². The first-order chi connectivity index (χ1) is 16.3. The summed E-state index contributed by atoms with van der Waals surface area (Å²) in [5, 5.41) is 8.41. The molecule has 5 rings (SSSR count). The number of hydrogen-bond donors (Lipinski definition) is 2. The highest BCUT2D eigenvalue weighted by Gasteiger charge is 2.40. The van der Waals surface area contributed by atoms with Crippen LogP contribution in [0.1, 0.15) is 43.2 Å². The van der Waals surface area contributed by atoms with Crippen molar-refractivity contribution in [3.63, 3.8) is 0 Å². The summed E-state index contributed by atoms with van der Waals surface area (Å²) in [6, 6.07) is 8.43. The number of imidazole rings is 1. The Hall–Kier alpha value is -3.13. The molecule has 1 fully saturated rings. The van der Waals surface area contributed by atoms with E-state index < -0.39 is 34.7 Å².